The molecule has 0 spiro atoms. The van der Waals surface area contributed by atoms with Gasteiger partial charge in [0.15, 0.2) is 0 Å². The van der Waals surface area contributed by atoms with Crippen molar-refractivity contribution in [2.24, 2.45) is 0 Å². The number of nitrogens with one attached hydrogen (secondary N) is 1. The van der Waals surface area contributed by atoms with Gasteiger partial charge in [-0.25, -0.2) is 14.4 Å². The maximum Gasteiger partial charge on any atom is 0.232 e. The smallest absolute Gasteiger partial charge is 0.232 e. The van der Waals surface area contributed by atoms with Gasteiger partial charge in [-0.2, -0.15) is 0 Å². The molecule has 1 aliphatic rings. The number of hydrogen-bond donors (Lipinski definition) is 1. The highest BCUT2D eigenvalue weighted by atomic mass is 19.1. The van der Waals surface area contributed by atoms with E-state index in [1.165, 1.54) is 12.1 Å². The normalized spacial score (nSPS) is 14.2. The van der Waals surface area contributed by atoms with Crippen molar-refractivity contribution in [3.63, 3.8) is 0 Å². The van der Waals surface area contributed by atoms with E-state index < -0.39 is 0 Å². The van der Waals surface area contributed by atoms with Gasteiger partial charge in [-0.3, -0.25) is 9.59 Å². The Hall–Kier alpha value is -3.03. The second-order valence-corrected chi connectivity index (χ2v) is 6.00. The minimum atomic E-state index is -0.340. The average Bonchev–Trinajstić information content (AvgIpc) is 2.68. The van der Waals surface area contributed by atoms with Crippen LogP contribution in [0, 0.1) is 5.82 Å². The van der Waals surface area contributed by atoms with Gasteiger partial charge >= 0.3 is 0 Å². The second kappa shape index (κ2) is 8.37. The molecule has 136 valence electrons. The highest BCUT2D eigenvalue weighted by Crippen LogP contribution is 2.10. The van der Waals surface area contributed by atoms with Crippen molar-refractivity contribution in [1.82, 2.24) is 20.2 Å². The van der Waals surface area contributed by atoms with Crippen LogP contribution in [0.5, 0.6) is 0 Å². The summed E-state index contributed by atoms with van der Waals surface area (Å²) in [5.41, 5.74) is 0.781. The number of hydrogen-bond acceptors (Lipinski definition) is 5. The van der Waals surface area contributed by atoms with Gasteiger partial charge in [0, 0.05) is 45.1 Å². The van der Waals surface area contributed by atoms with Crippen molar-refractivity contribution < 1.29 is 14.0 Å². The van der Waals surface area contributed by atoms with Crippen LogP contribution >= 0.6 is 0 Å². The van der Waals surface area contributed by atoms with Gasteiger partial charge in [0.2, 0.25) is 17.8 Å². The standard InChI is InChI=1S/C18H20FN5O2/c19-15-4-2-14(3-5-15)13-22-16(25)12-17(26)23-8-10-24(11-9-23)18-20-6-1-7-21-18/h1-7H,8-13H2,(H,22,25). The van der Waals surface area contributed by atoms with E-state index in [-0.39, 0.29) is 30.6 Å². The average molecular weight is 357 g/mol. The second-order valence-electron chi connectivity index (χ2n) is 6.00. The number of carbonyl (C=O) groups is 2. The summed E-state index contributed by atoms with van der Waals surface area (Å²) in [6.45, 7) is 2.59. The Morgan fingerprint density at radius 3 is 2.35 bits per heavy atom. The lowest BCUT2D eigenvalue weighted by Gasteiger charge is -2.34. The Kier molecular flexibility index (Phi) is 5.73. The molecular formula is C18H20FN5O2. The van der Waals surface area contributed by atoms with Crippen LogP contribution in [0.15, 0.2) is 42.7 Å². The van der Waals surface area contributed by atoms with Crippen molar-refractivity contribution in [2.75, 3.05) is 31.1 Å². The maximum absolute atomic E-state index is 12.9. The van der Waals surface area contributed by atoms with E-state index in [0.29, 0.717) is 32.1 Å². The molecule has 3 rings (SSSR count). The van der Waals surface area contributed by atoms with E-state index >= 15 is 0 Å². The third-order valence-corrected chi connectivity index (χ3v) is 4.18. The SMILES string of the molecule is O=C(CC(=O)N1CCN(c2ncccn2)CC1)NCc1ccc(F)cc1. The minimum Gasteiger partial charge on any atom is -0.352 e. The molecule has 0 bridgehead atoms. The molecule has 2 aromatic rings. The molecule has 1 saturated heterocycles. The number of amides is 2. The van der Waals surface area contributed by atoms with Crippen molar-refractivity contribution in [3.05, 3.63) is 54.1 Å². The fourth-order valence-electron chi connectivity index (χ4n) is 2.72. The molecular weight excluding hydrogens is 337 g/mol. The lowest BCUT2D eigenvalue weighted by molar-refractivity contribution is -0.136. The molecule has 26 heavy (non-hydrogen) atoms. The summed E-state index contributed by atoms with van der Waals surface area (Å²) in [4.78, 5) is 36.3. The monoisotopic (exact) mass is 357 g/mol. The van der Waals surface area contributed by atoms with Gasteiger partial charge in [0.05, 0.1) is 0 Å². The third-order valence-electron chi connectivity index (χ3n) is 4.18. The van der Waals surface area contributed by atoms with Crippen LogP contribution in [0.2, 0.25) is 0 Å². The first-order chi connectivity index (χ1) is 12.6. The highest BCUT2D eigenvalue weighted by molar-refractivity contribution is 5.96. The number of benzene rings is 1. The number of nitrogens with zero attached hydrogens (tertiary/aromatic N) is 4. The molecule has 8 heteroatoms. The molecule has 1 fully saturated rings. The number of halogens is 1. The summed E-state index contributed by atoms with van der Waals surface area (Å²) in [6, 6.07) is 7.63. The quantitative estimate of drug-likeness (QED) is 0.807. The van der Waals surface area contributed by atoms with Gasteiger partial charge in [-0.15, -0.1) is 0 Å². The predicted molar refractivity (Wildman–Crippen MR) is 93.7 cm³/mol. The van der Waals surface area contributed by atoms with Gasteiger partial charge in [-0.1, -0.05) is 12.1 Å². The van der Waals surface area contributed by atoms with Crippen LogP contribution in [0.1, 0.15) is 12.0 Å². The van der Waals surface area contributed by atoms with Crippen LogP contribution in [-0.4, -0.2) is 52.9 Å². The Labute approximate surface area is 150 Å². The van der Waals surface area contributed by atoms with Crippen molar-refractivity contribution in [2.45, 2.75) is 13.0 Å². The maximum atomic E-state index is 12.9. The molecule has 0 unspecified atom stereocenters. The molecule has 1 aromatic carbocycles. The fourth-order valence-corrected chi connectivity index (χ4v) is 2.72. The van der Waals surface area contributed by atoms with Gasteiger partial charge in [0.25, 0.3) is 0 Å². The van der Waals surface area contributed by atoms with Crippen LogP contribution in [-0.2, 0) is 16.1 Å². The van der Waals surface area contributed by atoms with Crippen LogP contribution in [0.3, 0.4) is 0 Å². The number of aromatic nitrogens is 2. The number of rotatable bonds is 5. The number of carbonyl (C=O) groups excluding carboxylic acids is 2. The van der Waals surface area contributed by atoms with Gasteiger partial charge in [0.1, 0.15) is 12.2 Å². The molecule has 0 aliphatic carbocycles. The van der Waals surface area contributed by atoms with E-state index in [1.807, 2.05) is 4.90 Å². The molecule has 0 saturated carbocycles. The van der Waals surface area contributed by atoms with Crippen molar-refractivity contribution in [1.29, 1.82) is 0 Å². The zero-order valence-electron chi connectivity index (χ0n) is 14.3. The largest absolute Gasteiger partial charge is 0.352 e. The summed E-state index contributed by atoms with van der Waals surface area (Å²) in [7, 11) is 0. The summed E-state index contributed by atoms with van der Waals surface area (Å²) in [5, 5.41) is 2.68. The van der Waals surface area contributed by atoms with Gasteiger partial charge < -0.3 is 15.1 Å². The first kappa shape index (κ1) is 17.8. The van der Waals surface area contributed by atoms with Crippen molar-refractivity contribution >= 4 is 17.8 Å². The summed E-state index contributed by atoms with van der Waals surface area (Å²) in [6.07, 6.45) is 3.18. The van der Waals surface area contributed by atoms with Crippen LogP contribution < -0.4 is 10.2 Å². The number of piperazine rings is 1. The zero-order chi connectivity index (χ0) is 18.4. The van der Waals surface area contributed by atoms with E-state index in [2.05, 4.69) is 15.3 Å². The molecule has 0 radical (unpaired) electrons. The summed E-state index contributed by atoms with van der Waals surface area (Å²) < 4.78 is 12.9. The summed E-state index contributed by atoms with van der Waals surface area (Å²) >= 11 is 0. The fraction of sp³-hybridized carbons (Fsp3) is 0.333. The Balaban J connectivity index is 1.42. The topological polar surface area (TPSA) is 78.4 Å². The van der Waals surface area contributed by atoms with Crippen LogP contribution in [0.4, 0.5) is 10.3 Å². The first-order valence-corrected chi connectivity index (χ1v) is 8.43. The predicted octanol–water partition coefficient (Wildman–Crippen LogP) is 0.971. The lowest BCUT2D eigenvalue weighted by atomic mass is 10.2. The minimum absolute atomic E-state index is 0.191. The third kappa shape index (κ3) is 4.75. The molecule has 1 aliphatic heterocycles. The van der Waals surface area contributed by atoms with Gasteiger partial charge in [-0.05, 0) is 23.8 Å². The molecule has 2 amide bonds. The first-order valence-electron chi connectivity index (χ1n) is 8.43. The Bertz CT molecular complexity index is 746. The van der Waals surface area contributed by atoms with E-state index in [9.17, 15) is 14.0 Å². The van der Waals surface area contributed by atoms with E-state index in [1.54, 1.807) is 35.5 Å². The van der Waals surface area contributed by atoms with Crippen molar-refractivity contribution in [3.8, 4) is 0 Å². The zero-order valence-corrected chi connectivity index (χ0v) is 14.3. The van der Waals surface area contributed by atoms with E-state index in [4.69, 9.17) is 0 Å². The Morgan fingerprint density at radius 1 is 1.04 bits per heavy atom. The molecule has 2 heterocycles. The van der Waals surface area contributed by atoms with E-state index in [0.717, 1.165) is 5.56 Å². The molecule has 1 aromatic heterocycles. The molecule has 7 nitrogen and oxygen atoms in total. The molecule has 1 N–H and O–H groups in total. The lowest BCUT2D eigenvalue weighted by Crippen LogP contribution is -2.50. The highest BCUT2D eigenvalue weighted by Gasteiger charge is 2.23. The Morgan fingerprint density at radius 2 is 1.69 bits per heavy atom. The summed E-state index contributed by atoms with van der Waals surface area (Å²) in [5.74, 6) is -0.213. The van der Waals surface area contributed by atoms with Crippen LogP contribution in [0.25, 0.3) is 0 Å². The molecule has 0 atom stereocenters. The number of anilines is 1.